The van der Waals surface area contributed by atoms with E-state index in [2.05, 4.69) is 53.8 Å². The third kappa shape index (κ3) is 5.48. The summed E-state index contributed by atoms with van der Waals surface area (Å²) in [5.41, 5.74) is 6.73. The third-order valence-corrected chi connectivity index (χ3v) is 7.17. The number of carbonyl (C=O) groups is 1. The first kappa shape index (κ1) is 25.9. The summed E-state index contributed by atoms with van der Waals surface area (Å²) in [5, 5.41) is 18.5. The van der Waals surface area contributed by atoms with Crippen LogP contribution in [-0.2, 0) is 16.0 Å². The number of esters is 1. The highest BCUT2D eigenvalue weighted by molar-refractivity contribution is 7.15. The molecule has 1 aromatic carbocycles. The SMILES string of the molecule is Cc1sc2c(c1C)C(c1ccc(CC=CCNO)cc1)=NC(CC(=O)OC(C)(C)C)c1nnc(C)n1-2. The number of hydrogen-bond donors (Lipinski definition) is 2. The highest BCUT2D eigenvalue weighted by Crippen LogP contribution is 2.39. The van der Waals surface area contributed by atoms with Crippen molar-refractivity contribution in [2.75, 3.05) is 6.54 Å². The zero-order chi connectivity index (χ0) is 26.0. The zero-order valence-electron chi connectivity index (χ0n) is 21.6. The van der Waals surface area contributed by atoms with E-state index in [0.717, 1.165) is 45.2 Å². The standard InChI is InChI=1S/C27H33N5O3S/c1-16-17(2)36-26-23(16)24(20-12-10-19(11-13-20)9-7-8-14-28-34)29-21(15-22(33)35-27(4,5)6)25-31-30-18(3)32(25)26/h7-8,10-13,21,28,34H,9,14-15H2,1-6H3. The number of ether oxygens (including phenoxy) is 1. The van der Waals surface area contributed by atoms with Gasteiger partial charge < -0.3 is 9.94 Å². The van der Waals surface area contributed by atoms with E-state index in [0.29, 0.717) is 12.4 Å². The van der Waals surface area contributed by atoms with E-state index in [9.17, 15) is 4.79 Å². The van der Waals surface area contributed by atoms with Crippen molar-refractivity contribution < 1.29 is 14.7 Å². The van der Waals surface area contributed by atoms with Gasteiger partial charge in [0.1, 0.15) is 22.5 Å². The molecular weight excluding hydrogens is 474 g/mol. The second-order valence-corrected chi connectivity index (χ2v) is 11.1. The van der Waals surface area contributed by atoms with Gasteiger partial charge in [0, 0.05) is 22.5 Å². The molecule has 3 heterocycles. The van der Waals surface area contributed by atoms with E-state index in [1.54, 1.807) is 11.3 Å². The molecule has 4 rings (SSSR count). The second kappa shape index (κ2) is 10.5. The minimum absolute atomic E-state index is 0.0770. The number of hydroxylamine groups is 1. The molecule has 0 radical (unpaired) electrons. The molecule has 2 N–H and O–H groups in total. The van der Waals surface area contributed by atoms with Crippen molar-refractivity contribution >= 4 is 23.0 Å². The zero-order valence-corrected chi connectivity index (χ0v) is 22.4. The second-order valence-electron chi connectivity index (χ2n) is 9.92. The van der Waals surface area contributed by atoms with E-state index in [1.807, 2.05) is 44.4 Å². The van der Waals surface area contributed by atoms with Crippen molar-refractivity contribution in [3.8, 4) is 5.00 Å². The summed E-state index contributed by atoms with van der Waals surface area (Å²) in [7, 11) is 0. The number of nitrogens with zero attached hydrogens (tertiary/aromatic N) is 4. The molecule has 0 amide bonds. The summed E-state index contributed by atoms with van der Waals surface area (Å²) in [6.07, 6.45) is 4.73. The number of hydrogen-bond acceptors (Lipinski definition) is 8. The van der Waals surface area contributed by atoms with Crippen LogP contribution in [0.4, 0.5) is 0 Å². The molecule has 8 nitrogen and oxygen atoms in total. The minimum atomic E-state index is -0.582. The fraction of sp³-hybridized carbons (Fsp3) is 0.407. The quantitative estimate of drug-likeness (QED) is 0.266. The molecule has 0 saturated carbocycles. The summed E-state index contributed by atoms with van der Waals surface area (Å²) >= 11 is 1.69. The van der Waals surface area contributed by atoms with Crippen LogP contribution in [0.25, 0.3) is 5.00 Å². The number of thiophene rings is 1. The number of nitrogens with one attached hydrogen (secondary N) is 1. The van der Waals surface area contributed by atoms with E-state index in [4.69, 9.17) is 14.9 Å². The molecule has 2 aromatic heterocycles. The number of carbonyl (C=O) groups excluding carboxylic acids is 1. The normalized spacial score (nSPS) is 15.4. The third-order valence-electron chi connectivity index (χ3n) is 5.98. The molecule has 1 atom stereocenters. The molecule has 1 aliphatic rings. The number of aliphatic imine (C=N–C) groups is 1. The van der Waals surface area contributed by atoms with Gasteiger partial charge in [0.2, 0.25) is 0 Å². The first-order chi connectivity index (χ1) is 17.1. The Morgan fingerprint density at radius 3 is 2.56 bits per heavy atom. The Hall–Kier alpha value is -3.14. The summed E-state index contributed by atoms with van der Waals surface area (Å²) < 4.78 is 7.67. The lowest BCUT2D eigenvalue weighted by Gasteiger charge is -2.21. The number of allylic oxidation sites excluding steroid dienone is 1. The van der Waals surface area contributed by atoms with Crippen molar-refractivity contribution in [2.24, 2.45) is 4.99 Å². The smallest absolute Gasteiger partial charge is 0.308 e. The van der Waals surface area contributed by atoms with Gasteiger partial charge in [-0.25, -0.2) is 5.48 Å². The molecular formula is C27H33N5O3S. The van der Waals surface area contributed by atoms with Gasteiger partial charge >= 0.3 is 5.97 Å². The molecule has 36 heavy (non-hydrogen) atoms. The molecule has 3 aromatic rings. The van der Waals surface area contributed by atoms with Gasteiger partial charge in [0.05, 0.1) is 12.1 Å². The lowest BCUT2D eigenvalue weighted by Crippen LogP contribution is -2.25. The van der Waals surface area contributed by atoms with Crippen molar-refractivity contribution in [1.82, 2.24) is 20.2 Å². The molecule has 1 unspecified atom stereocenters. The van der Waals surface area contributed by atoms with Gasteiger partial charge in [-0.2, -0.15) is 0 Å². The fourth-order valence-electron chi connectivity index (χ4n) is 4.22. The highest BCUT2D eigenvalue weighted by atomic mass is 32.1. The molecule has 0 fully saturated rings. The van der Waals surface area contributed by atoms with Crippen LogP contribution in [-0.4, -0.2) is 43.8 Å². The van der Waals surface area contributed by atoms with Crippen molar-refractivity contribution in [1.29, 1.82) is 0 Å². The molecule has 0 saturated heterocycles. The van der Waals surface area contributed by atoms with E-state index in [1.165, 1.54) is 4.88 Å². The molecule has 0 spiro atoms. The molecule has 190 valence electrons. The maximum absolute atomic E-state index is 12.8. The van der Waals surface area contributed by atoms with Crippen LogP contribution in [0.15, 0.2) is 41.4 Å². The highest BCUT2D eigenvalue weighted by Gasteiger charge is 2.33. The van der Waals surface area contributed by atoms with E-state index in [-0.39, 0.29) is 12.4 Å². The van der Waals surface area contributed by atoms with Gasteiger partial charge in [0.15, 0.2) is 5.82 Å². The predicted octanol–water partition coefficient (Wildman–Crippen LogP) is 4.96. The van der Waals surface area contributed by atoms with Crippen molar-refractivity contribution in [2.45, 2.75) is 66.0 Å². The summed E-state index contributed by atoms with van der Waals surface area (Å²) in [5.74, 6) is 1.09. The maximum Gasteiger partial charge on any atom is 0.308 e. The number of fused-ring (bicyclic) bond motifs is 3. The summed E-state index contributed by atoms with van der Waals surface area (Å²) in [6, 6.07) is 7.80. The van der Waals surface area contributed by atoms with Gasteiger partial charge in [-0.3, -0.25) is 14.4 Å². The topological polar surface area (TPSA) is 102 Å². The van der Waals surface area contributed by atoms with Gasteiger partial charge in [-0.1, -0.05) is 36.4 Å². The first-order valence-corrected chi connectivity index (χ1v) is 12.8. The largest absolute Gasteiger partial charge is 0.460 e. The van der Waals surface area contributed by atoms with Gasteiger partial charge in [-0.05, 0) is 59.1 Å². The Morgan fingerprint density at radius 1 is 1.17 bits per heavy atom. The predicted molar refractivity (Wildman–Crippen MR) is 141 cm³/mol. The lowest BCUT2D eigenvalue weighted by atomic mass is 9.98. The van der Waals surface area contributed by atoms with Crippen LogP contribution in [0.2, 0.25) is 0 Å². The Bertz CT molecular complexity index is 1310. The number of aryl methyl sites for hydroxylation is 2. The van der Waals surface area contributed by atoms with Crippen molar-refractivity contribution in [3.05, 3.63) is 75.2 Å². The monoisotopic (exact) mass is 507 g/mol. The number of aromatic nitrogens is 3. The molecule has 9 heteroatoms. The van der Waals surface area contributed by atoms with Crippen LogP contribution >= 0.6 is 11.3 Å². The van der Waals surface area contributed by atoms with Crippen LogP contribution in [0.3, 0.4) is 0 Å². The first-order valence-electron chi connectivity index (χ1n) is 12.0. The van der Waals surface area contributed by atoms with Crippen LogP contribution in [0.5, 0.6) is 0 Å². The number of benzene rings is 1. The van der Waals surface area contributed by atoms with Gasteiger partial charge in [0.25, 0.3) is 0 Å². The Labute approximate surface area is 215 Å². The lowest BCUT2D eigenvalue weighted by molar-refractivity contribution is -0.155. The van der Waals surface area contributed by atoms with Crippen LogP contribution in [0.1, 0.15) is 72.0 Å². The minimum Gasteiger partial charge on any atom is -0.460 e. The fourth-order valence-corrected chi connectivity index (χ4v) is 5.43. The number of rotatable bonds is 7. The van der Waals surface area contributed by atoms with Crippen LogP contribution < -0.4 is 5.48 Å². The van der Waals surface area contributed by atoms with Crippen LogP contribution in [0, 0.1) is 20.8 Å². The summed E-state index contributed by atoms with van der Waals surface area (Å²) in [4.78, 5) is 19.2. The van der Waals surface area contributed by atoms with E-state index < -0.39 is 11.6 Å². The molecule has 1 aliphatic heterocycles. The Kier molecular flexibility index (Phi) is 7.54. The van der Waals surface area contributed by atoms with Crippen molar-refractivity contribution in [3.63, 3.8) is 0 Å². The Balaban J connectivity index is 1.79. The van der Waals surface area contributed by atoms with E-state index >= 15 is 0 Å². The average Bonchev–Trinajstić information content (AvgIpc) is 3.28. The maximum atomic E-state index is 12.8. The summed E-state index contributed by atoms with van der Waals surface area (Å²) in [6.45, 7) is 12.1. The average molecular weight is 508 g/mol. The van der Waals surface area contributed by atoms with Gasteiger partial charge in [-0.15, -0.1) is 21.5 Å². The molecule has 0 aliphatic carbocycles. The Morgan fingerprint density at radius 2 is 1.89 bits per heavy atom. The molecule has 0 bridgehead atoms.